The highest BCUT2D eigenvalue weighted by Gasteiger charge is 2.92. The van der Waals surface area contributed by atoms with Crippen LogP contribution in [0.25, 0.3) is 0 Å². The van der Waals surface area contributed by atoms with Gasteiger partial charge in [0, 0.05) is 24.3 Å². The van der Waals surface area contributed by atoms with E-state index < -0.39 is 13.6 Å². The Labute approximate surface area is 166 Å². The van der Waals surface area contributed by atoms with Gasteiger partial charge in [-0.15, -0.1) is 0 Å². The highest BCUT2D eigenvalue weighted by atomic mass is 31.2. The van der Waals surface area contributed by atoms with Crippen molar-refractivity contribution in [2.24, 2.45) is 5.41 Å². The van der Waals surface area contributed by atoms with E-state index in [1.54, 1.807) is 0 Å². The van der Waals surface area contributed by atoms with Crippen LogP contribution in [0.4, 0.5) is 0 Å². The molecule has 1 aliphatic carbocycles. The molecule has 4 unspecified atom stereocenters. The fourth-order valence-corrected chi connectivity index (χ4v) is 10.7. The van der Waals surface area contributed by atoms with E-state index in [9.17, 15) is 5.11 Å². The first-order chi connectivity index (χ1) is 13.6. The van der Waals surface area contributed by atoms with Crippen molar-refractivity contribution >= 4 is 12.8 Å². The van der Waals surface area contributed by atoms with Crippen molar-refractivity contribution in [3.8, 4) is 11.5 Å². The van der Waals surface area contributed by atoms with Gasteiger partial charge in [0.1, 0.15) is 28.6 Å². The van der Waals surface area contributed by atoms with Gasteiger partial charge in [0.2, 0.25) is 0 Å². The van der Waals surface area contributed by atoms with Gasteiger partial charge in [0.05, 0.1) is 18.9 Å². The van der Waals surface area contributed by atoms with Crippen molar-refractivity contribution in [2.45, 2.75) is 43.4 Å². The number of hydrogen-bond acceptors (Lipinski definition) is 4. The molecule has 2 aliphatic heterocycles. The number of para-hydroxylation sites is 1. The molecule has 3 aliphatic rings. The molecule has 3 fully saturated rings. The SMILES string of the molecule is OCC(O)CCCC12CO[P+]3(c4cccc(Oc5ccccc5)c4)CCC13C2. The van der Waals surface area contributed by atoms with E-state index in [2.05, 4.69) is 18.2 Å². The zero-order valence-corrected chi connectivity index (χ0v) is 17.0. The number of aliphatic hydroxyl groups excluding tert-OH is 2. The average Bonchev–Trinajstić information content (AvgIpc) is 3.36. The second-order valence-electron chi connectivity index (χ2n) is 8.62. The van der Waals surface area contributed by atoms with Crippen molar-refractivity contribution < 1.29 is 19.5 Å². The van der Waals surface area contributed by atoms with Crippen LogP contribution >= 0.6 is 7.49 Å². The van der Waals surface area contributed by atoms with E-state index in [1.807, 2.05) is 36.4 Å². The second kappa shape index (κ2) is 6.81. The summed E-state index contributed by atoms with van der Waals surface area (Å²) in [6.45, 7) is 0.722. The predicted molar refractivity (Wildman–Crippen MR) is 112 cm³/mol. The number of rotatable bonds is 8. The fourth-order valence-electron chi connectivity index (χ4n) is 5.58. The minimum absolute atomic E-state index is 0.139. The summed E-state index contributed by atoms with van der Waals surface area (Å²) in [6.07, 6.45) is 5.89. The van der Waals surface area contributed by atoms with Gasteiger partial charge in [-0.2, -0.15) is 0 Å². The predicted octanol–water partition coefficient (Wildman–Crippen LogP) is 4.12. The molecular weight excluding hydrogens is 371 g/mol. The van der Waals surface area contributed by atoms with Gasteiger partial charge in [0.15, 0.2) is 7.49 Å². The summed E-state index contributed by atoms with van der Waals surface area (Å²) in [7, 11) is -1.58. The zero-order valence-electron chi connectivity index (χ0n) is 16.1. The Morgan fingerprint density at radius 2 is 1.93 bits per heavy atom. The lowest BCUT2D eigenvalue weighted by atomic mass is 9.94. The molecule has 2 saturated heterocycles. The van der Waals surface area contributed by atoms with E-state index in [1.165, 1.54) is 24.3 Å². The molecule has 2 aromatic rings. The number of ether oxygens (including phenoxy) is 1. The normalized spacial score (nSPS) is 33.5. The molecule has 0 amide bonds. The summed E-state index contributed by atoms with van der Waals surface area (Å²) in [5.41, 5.74) is 0.310. The third kappa shape index (κ3) is 2.66. The summed E-state index contributed by atoms with van der Waals surface area (Å²) >= 11 is 0. The van der Waals surface area contributed by atoms with Gasteiger partial charge >= 0.3 is 0 Å². The average molecular weight is 399 g/mol. The number of aliphatic hydroxyl groups is 2. The van der Waals surface area contributed by atoms with Crippen molar-refractivity contribution in [3.05, 3.63) is 54.6 Å². The minimum atomic E-state index is -1.58. The van der Waals surface area contributed by atoms with Crippen LogP contribution in [0.1, 0.15) is 32.1 Å². The Morgan fingerprint density at radius 3 is 2.68 bits per heavy atom. The Bertz CT molecular complexity index is 855. The van der Waals surface area contributed by atoms with E-state index in [-0.39, 0.29) is 6.61 Å². The Kier molecular flexibility index (Phi) is 4.52. The van der Waals surface area contributed by atoms with Crippen LogP contribution < -0.4 is 10.0 Å². The van der Waals surface area contributed by atoms with Crippen LogP contribution in [0.3, 0.4) is 0 Å². The lowest BCUT2D eigenvalue weighted by Crippen LogP contribution is -2.38. The molecule has 28 heavy (non-hydrogen) atoms. The Hall–Kier alpha value is -1.45. The molecule has 0 radical (unpaired) electrons. The molecule has 5 heteroatoms. The van der Waals surface area contributed by atoms with Crippen LogP contribution in [0.5, 0.6) is 11.5 Å². The molecular formula is C23H28O4P+. The van der Waals surface area contributed by atoms with Gasteiger partial charge in [0.25, 0.3) is 0 Å². The molecule has 2 heterocycles. The molecule has 2 aromatic carbocycles. The lowest BCUT2D eigenvalue weighted by molar-refractivity contribution is 0.0838. The van der Waals surface area contributed by atoms with Gasteiger partial charge in [-0.05, 0) is 43.5 Å². The van der Waals surface area contributed by atoms with Crippen molar-refractivity contribution in [2.75, 3.05) is 19.4 Å². The van der Waals surface area contributed by atoms with E-state index in [4.69, 9.17) is 14.4 Å². The minimum Gasteiger partial charge on any atom is -0.457 e. The molecule has 0 bridgehead atoms. The van der Waals surface area contributed by atoms with Gasteiger partial charge in [-0.25, -0.2) is 4.52 Å². The van der Waals surface area contributed by atoms with Crippen LogP contribution in [0, 0.1) is 5.41 Å². The van der Waals surface area contributed by atoms with Crippen molar-refractivity contribution in [1.82, 2.24) is 0 Å². The van der Waals surface area contributed by atoms with Crippen LogP contribution in [-0.4, -0.2) is 40.8 Å². The summed E-state index contributed by atoms with van der Waals surface area (Å²) in [5, 5.41) is 20.4. The third-order valence-electron chi connectivity index (χ3n) is 7.20. The van der Waals surface area contributed by atoms with E-state index >= 15 is 0 Å². The van der Waals surface area contributed by atoms with Crippen molar-refractivity contribution in [3.63, 3.8) is 0 Å². The molecule has 2 N–H and O–H groups in total. The second-order valence-corrected chi connectivity index (χ2v) is 12.2. The van der Waals surface area contributed by atoms with E-state index in [0.29, 0.717) is 17.0 Å². The molecule has 0 aromatic heterocycles. The molecule has 5 rings (SSSR count). The maximum Gasteiger partial charge on any atom is 0.184 e. The van der Waals surface area contributed by atoms with Gasteiger partial charge < -0.3 is 14.9 Å². The summed E-state index contributed by atoms with van der Waals surface area (Å²) in [4.78, 5) is 0. The molecule has 1 spiro atoms. The summed E-state index contributed by atoms with van der Waals surface area (Å²) in [6, 6.07) is 18.5. The lowest BCUT2D eigenvalue weighted by Gasteiger charge is -2.38. The standard InChI is InChI=1S/C23H28O4P/c24-15-18(25)6-5-11-22-16-23(22)12-13-28(23,26-17-22)21-10-4-9-20(14-21)27-19-7-2-1-3-8-19/h1-4,7-10,14,18,24-25H,5-6,11-13,15-17H2/q+1. The maximum atomic E-state index is 9.65. The maximum absolute atomic E-state index is 9.65. The summed E-state index contributed by atoms with van der Waals surface area (Å²) < 4.78 is 12.7. The zero-order chi connectivity index (χ0) is 19.2. The molecule has 148 valence electrons. The molecule has 1 saturated carbocycles. The topological polar surface area (TPSA) is 58.9 Å². The van der Waals surface area contributed by atoms with Gasteiger partial charge in [-0.3, -0.25) is 0 Å². The summed E-state index contributed by atoms with van der Waals surface area (Å²) in [5.74, 6) is 1.74. The van der Waals surface area contributed by atoms with Crippen LogP contribution in [0.2, 0.25) is 0 Å². The first kappa shape index (κ1) is 18.6. The first-order valence-corrected chi connectivity index (χ1v) is 12.2. The monoisotopic (exact) mass is 399 g/mol. The van der Waals surface area contributed by atoms with Gasteiger partial charge in [-0.1, -0.05) is 24.3 Å². The van der Waals surface area contributed by atoms with E-state index in [0.717, 1.165) is 30.9 Å². The smallest absolute Gasteiger partial charge is 0.184 e. The number of benzene rings is 2. The first-order valence-electron chi connectivity index (χ1n) is 10.3. The quantitative estimate of drug-likeness (QED) is 0.656. The molecule has 4 nitrogen and oxygen atoms in total. The van der Waals surface area contributed by atoms with Crippen LogP contribution in [-0.2, 0) is 4.52 Å². The molecule has 4 atom stereocenters. The highest BCUT2D eigenvalue weighted by molar-refractivity contribution is 7.82. The third-order valence-corrected chi connectivity index (χ3v) is 12.0. The van der Waals surface area contributed by atoms with Crippen LogP contribution in [0.15, 0.2) is 54.6 Å². The Balaban J connectivity index is 1.33. The largest absolute Gasteiger partial charge is 0.457 e. The Morgan fingerprint density at radius 1 is 1.11 bits per heavy atom. The highest BCUT2D eigenvalue weighted by Crippen LogP contribution is 2.97. The number of hydrogen-bond donors (Lipinski definition) is 2. The fraction of sp³-hybridized carbons (Fsp3) is 0.478. The van der Waals surface area contributed by atoms with Crippen molar-refractivity contribution in [1.29, 1.82) is 0 Å².